The highest BCUT2D eigenvalue weighted by atomic mass is 32.2. The molecule has 0 aliphatic carbocycles. The van der Waals surface area contributed by atoms with E-state index in [4.69, 9.17) is 4.74 Å². The second-order valence-electron chi connectivity index (χ2n) is 4.66. The Hall–Kier alpha value is -1.18. The van der Waals surface area contributed by atoms with Gasteiger partial charge in [-0.15, -0.1) is 0 Å². The van der Waals surface area contributed by atoms with E-state index in [1.54, 1.807) is 0 Å². The number of rotatable bonds is 4. The van der Waals surface area contributed by atoms with Gasteiger partial charge in [0, 0.05) is 32.5 Å². The summed E-state index contributed by atoms with van der Waals surface area (Å²) in [5.41, 5.74) is -0.322. The van der Waals surface area contributed by atoms with Crippen LogP contribution in [0.3, 0.4) is 0 Å². The summed E-state index contributed by atoms with van der Waals surface area (Å²) in [7, 11) is -2.05. The number of likely N-dealkylation sites (N-methyl/N-ethyl adjacent to an activating group) is 1. The number of aromatic nitrogens is 1. The van der Waals surface area contributed by atoms with Gasteiger partial charge < -0.3 is 9.72 Å². The molecule has 0 aromatic carbocycles. The molecule has 6 nitrogen and oxygen atoms in total. The van der Waals surface area contributed by atoms with Crippen LogP contribution in [0.2, 0.25) is 0 Å². The summed E-state index contributed by atoms with van der Waals surface area (Å²) in [6.07, 6.45) is 4.15. The van der Waals surface area contributed by atoms with Crippen LogP contribution in [0.15, 0.2) is 28.0 Å². The Balaban J connectivity index is 2.09. The first-order valence-electron chi connectivity index (χ1n) is 6.27. The first kappa shape index (κ1) is 14.2. The van der Waals surface area contributed by atoms with Crippen molar-refractivity contribution < 1.29 is 13.2 Å². The molecule has 1 fully saturated rings. The van der Waals surface area contributed by atoms with Crippen molar-refractivity contribution in [2.45, 2.75) is 30.3 Å². The second-order valence-corrected chi connectivity index (χ2v) is 6.71. The van der Waals surface area contributed by atoms with Crippen molar-refractivity contribution >= 4 is 10.0 Å². The molecule has 1 atom stereocenters. The van der Waals surface area contributed by atoms with Gasteiger partial charge in [0.2, 0.25) is 15.6 Å². The van der Waals surface area contributed by atoms with Crippen molar-refractivity contribution in [3.8, 4) is 0 Å². The predicted molar refractivity (Wildman–Crippen MR) is 70.5 cm³/mol. The van der Waals surface area contributed by atoms with Crippen LogP contribution in [0.5, 0.6) is 0 Å². The van der Waals surface area contributed by atoms with Crippen LogP contribution >= 0.6 is 0 Å². The van der Waals surface area contributed by atoms with E-state index in [1.165, 1.54) is 29.7 Å². The smallest absolute Gasteiger partial charge is 0.247 e. The highest BCUT2D eigenvalue weighted by molar-refractivity contribution is 7.89. The molecule has 7 heteroatoms. The highest BCUT2D eigenvalue weighted by Crippen LogP contribution is 2.17. The van der Waals surface area contributed by atoms with E-state index < -0.39 is 10.0 Å². The molecule has 0 radical (unpaired) electrons. The summed E-state index contributed by atoms with van der Waals surface area (Å²) in [5.74, 6) is 0. The van der Waals surface area contributed by atoms with Crippen molar-refractivity contribution in [2.24, 2.45) is 0 Å². The quantitative estimate of drug-likeness (QED) is 0.877. The van der Waals surface area contributed by atoms with Crippen LogP contribution in [-0.2, 0) is 14.8 Å². The Morgan fingerprint density at radius 3 is 2.79 bits per heavy atom. The lowest BCUT2D eigenvalue weighted by molar-refractivity contribution is 0.00858. The number of sulfonamides is 1. The maximum atomic E-state index is 12.3. The van der Waals surface area contributed by atoms with Crippen molar-refractivity contribution in [1.82, 2.24) is 9.29 Å². The third-order valence-electron chi connectivity index (χ3n) is 3.20. The molecule has 2 rings (SSSR count). The average molecular weight is 286 g/mol. The zero-order chi connectivity index (χ0) is 13.9. The van der Waals surface area contributed by atoms with Gasteiger partial charge in [0.05, 0.1) is 11.0 Å². The van der Waals surface area contributed by atoms with E-state index in [2.05, 4.69) is 4.98 Å². The number of hydrogen-bond donors (Lipinski definition) is 1. The van der Waals surface area contributed by atoms with E-state index in [1.807, 2.05) is 0 Å². The fourth-order valence-electron chi connectivity index (χ4n) is 2.07. The minimum atomic E-state index is -3.57. The molecule has 2 heterocycles. The van der Waals surface area contributed by atoms with E-state index in [9.17, 15) is 13.2 Å². The van der Waals surface area contributed by atoms with Gasteiger partial charge in [-0.2, -0.15) is 4.31 Å². The van der Waals surface area contributed by atoms with Gasteiger partial charge in [0.1, 0.15) is 0 Å². The van der Waals surface area contributed by atoms with E-state index in [0.717, 1.165) is 19.3 Å². The third-order valence-corrected chi connectivity index (χ3v) is 5.02. The van der Waals surface area contributed by atoms with Crippen LogP contribution in [0.4, 0.5) is 0 Å². The summed E-state index contributed by atoms with van der Waals surface area (Å²) in [6, 6.07) is 2.52. The monoisotopic (exact) mass is 286 g/mol. The molecule has 1 saturated heterocycles. The van der Waals surface area contributed by atoms with E-state index in [0.29, 0.717) is 13.2 Å². The number of aromatic amines is 1. The van der Waals surface area contributed by atoms with E-state index >= 15 is 0 Å². The van der Waals surface area contributed by atoms with Crippen molar-refractivity contribution in [3.05, 3.63) is 28.7 Å². The molecule has 106 valence electrons. The number of nitrogens with one attached hydrogen (secondary N) is 1. The van der Waals surface area contributed by atoms with Gasteiger partial charge in [0.25, 0.3) is 0 Å². The molecule has 19 heavy (non-hydrogen) atoms. The van der Waals surface area contributed by atoms with Gasteiger partial charge in [-0.25, -0.2) is 8.42 Å². The molecule has 0 bridgehead atoms. The van der Waals surface area contributed by atoms with Crippen molar-refractivity contribution in [3.63, 3.8) is 0 Å². The van der Waals surface area contributed by atoms with Crippen molar-refractivity contribution in [2.75, 3.05) is 20.2 Å². The van der Waals surface area contributed by atoms with Gasteiger partial charge in [-0.3, -0.25) is 4.79 Å². The number of ether oxygens (including phenoxy) is 1. The molecule has 1 N–H and O–H groups in total. The van der Waals surface area contributed by atoms with Gasteiger partial charge in [0.15, 0.2) is 0 Å². The van der Waals surface area contributed by atoms with E-state index in [-0.39, 0.29) is 16.6 Å². The van der Waals surface area contributed by atoms with Crippen LogP contribution in [0, 0.1) is 0 Å². The van der Waals surface area contributed by atoms with Crippen molar-refractivity contribution in [1.29, 1.82) is 0 Å². The molecule has 0 spiro atoms. The van der Waals surface area contributed by atoms with Crippen LogP contribution in [0.25, 0.3) is 0 Å². The third kappa shape index (κ3) is 3.43. The highest BCUT2D eigenvalue weighted by Gasteiger charge is 2.25. The maximum absolute atomic E-state index is 12.3. The Morgan fingerprint density at radius 1 is 1.42 bits per heavy atom. The maximum Gasteiger partial charge on any atom is 0.247 e. The Morgan fingerprint density at radius 2 is 2.21 bits per heavy atom. The first-order chi connectivity index (χ1) is 9.00. The lowest BCUT2D eigenvalue weighted by Crippen LogP contribution is -2.37. The minimum Gasteiger partial charge on any atom is -0.377 e. The Kier molecular flexibility index (Phi) is 4.38. The zero-order valence-corrected chi connectivity index (χ0v) is 11.6. The van der Waals surface area contributed by atoms with Gasteiger partial charge in [-0.1, -0.05) is 0 Å². The number of H-pyrrole nitrogens is 1. The zero-order valence-electron chi connectivity index (χ0n) is 10.8. The average Bonchev–Trinajstić information content (AvgIpc) is 2.40. The molecular formula is C12H18N2O4S. The largest absolute Gasteiger partial charge is 0.377 e. The van der Waals surface area contributed by atoms with Gasteiger partial charge in [-0.05, 0) is 25.3 Å². The standard InChI is InChI=1S/C12H18N2O4S/c1-14(9-10-4-2-3-7-18-10)19(16,17)11-5-6-12(15)13-8-11/h5-6,8,10H,2-4,7,9H2,1H3,(H,13,15). The molecule has 1 aliphatic rings. The van der Waals surface area contributed by atoms with Crippen LogP contribution in [-0.4, -0.2) is 44.0 Å². The molecule has 1 aromatic heterocycles. The summed E-state index contributed by atoms with van der Waals surface area (Å²) in [5, 5.41) is 0. The fraction of sp³-hybridized carbons (Fsp3) is 0.583. The second kappa shape index (κ2) is 5.85. The molecule has 1 unspecified atom stereocenters. The van der Waals surface area contributed by atoms with Crippen LogP contribution < -0.4 is 5.56 Å². The fourth-order valence-corrected chi connectivity index (χ4v) is 3.24. The summed E-state index contributed by atoms with van der Waals surface area (Å²) in [4.78, 5) is 13.4. The molecule has 0 saturated carbocycles. The van der Waals surface area contributed by atoms with Crippen LogP contribution in [0.1, 0.15) is 19.3 Å². The molecule has 1 aromatic rings. The Labute approximate surface area is 112 Å². The summed E-state index contributed by atoms with van der Waals surface area (Å²) >= 11 is 0. The predicted octanol–water partition coefficient (Wildman–Crippen LogP) is 0.565. The number of nitrogens with zero attached hydrogens (tertiary/aromatic N) is 1. The summed E-state index contributed by atoms with van der Waals surface area (Å²) in [6.45, 7) is 1.03. The number of pyridine rings is 1. The molecular weight excluding hydrogens is 268 g/mol. The Bertz CT molecular complexity index is 555. The lowest BCUT2D eigenvalue weighted by atomic mass is 10.1. The molecule has 0 amide bonds. The minimum absolute atomic E-state index is 0.0451. The van der Waals surface area contributed by atoms with Gasteiger partial charge >= 0.3 is 0 Å². The topological polar surface area (TPSA) is 79.5 Å². The lowest BCUT2D eigenvalue weighted by Gasteiger charge is -2.26. The normalized spacial score (nSPS) is 20.6. The molecule has 1 aliphatic heterocycles. The summed E-state index contributed by atoms with van der Waals surface area (Å²) < 4.78 is 31.3. The SMILES string of the molecule is CN(CC1CCCCO1)S(=O)(=O)c1ccc(=O)[nH]c1. The first-order valence-corrected chi connectivity index (χ1v) is 7.71. The number of hydrogen-bond acceptors (Lipinski definition) is 4.